The summed E-state index contributed by atoms with van der Waals surface area (Å²) in [6.07, 6.45) is 0.0517. The number of carboxylic acids is 1. The third-order valence-electron chi connectivity index (χ3n) is 3.64. The van der Waals surface area contributed by atoms with Gasteiger partial charge in [0.05, 0.1) is 30.7 Å². The third kappa shape index (κ3) is 3.71. The number of nitro groups is 1. The fourth-order valence-corrected chi connectivity index (χ4v) is 2.43. The summed E-state index contributed by atoms with van der Waals surface area (Å²) in [5.74, 6) is -2.09. The molecular weight excluding hydrogens is 292 g/mol. The lowest BCUT2D eigenvalue weighted by Crippen LogP contribution is -2.36. The number of aliphatic carboxylic acids is 1. The fraction of sp³-hybridized carbons (Fsp3) is 0.500. The van der Waals surface area contributed by atoms with Gasteiger partial charge in [-0.3, -0.25) is 14.9 Å². The molecule has 1 saturated heterocycles. The maximum atomic E-state index is 11.3. The van der Waals surface area contributed by atoms with Gasteiger partial charge in [0.15, 0.2) is 0 Å². The monoisotopic (exact) mass is 310 g/mol. The van der Waals surface area contributed by atoms with Gasteiger partial charge in [-0.05, 0) is 18.1 Å². The van der Waals surface area contributed by atoms with Gasteiger partial charge in [-0.1, -0.05) is 6.07 Å². The Morgan fingerprint density at radius 1 is 1.41 bits per heavy atom. The minimum atomic E-state index is -1.12. The van der Waals surface area contributed by atoms with Crippen molar-refractivity contribution in [3.8, 4) is 0 Å². The molecule has 22 heavy (non-hydrogen) atoms. The fourth-order valence-electron chi connectivity index (χ4n) is 2.43. The lowest BCUT2D eigenvalue weighted by atomic mass is 9.99. The number of rotatable bonds is 6. The van der Waals surface area contributed by atoms with Crippen LogP contribution in [0.3, 0.4) is 0 Å². The molecule has 1 aromatic carbocycles. The molecule has 8 nitrogen and oxygen atoms in total. The molecular formula is C14H18N2O6. The first kappa shape index (κ1) is 16.2. The molecule has 0 bridgehead atoms. The van der Waals surface area contributed by atoms with E-state index in [9.17, 15) is 14.9 Å². The number of ether oxygens (including phenoxy) is 1. The number of hydrogen-bond donors (Lipinski definition) is 2. The van der Waals surface area contributed by atoms with Crippen LogP contribution in [0.2, 0.25) is 0 Å². The van der Waals surface area contributed by atoms with Crippen molar-refractivity contribution in [1.82, 2.24) is 0 Å². The number of nitro benzene ring substituents is 1. The maximum absolute atomic E-state index is 11.3. The van der Waals surface area contributed by atoms with E-state index in [-0.39, 0.29) is 12.1 Å². The average Bonchev–Trinajstić information content (AvgIpc) is 2.52. The molecule has 8 heteroatoms. The van der Waals surface area contributed by atoms with Crippen LogP contribution in [0.5, 0.6) is 0 Å². The summed E-state index contributed by atoms with van der Waals surface area (Å²) in [6.45, 7) is 1.69. The van der Waals surface area contributed by atoms with Gasteiger partial charge in [0.2, 0.25) is 0 Å². The van der Waals surface area contributed by atoms with E-state index in [1.807, 2.05) is 4.90 Å². The van der Waals surface area contributed by atoms with E-state index < -0.39 is 23.4 Å². The van der Waals surface area contributed by atoms with Gasteiger partial charge in [0.25, 0.3) is 5.69 Å². The van der Waals surface area contributed by atoms with Crippen LogP contribution in [-0.4, -0.2) is 54.0 Å². The van der Waals surface area contributed by atoms with Gasteiger partial charge < -0.3 is 19.8 Å². The number of aliphatic hydroxyl groups is 1. The number of carbonyl (C=O) groups is 1. The molecule has 0 amide bonds. The van der Waals surface area contributed by atoms with E-state index in [1.54, 1.807) is 12.1 Å². The Labute approximate surface area is 127 Å². The van der Waals surface area contributed by atoms with Gasteiger partial charge in [-0.25, -0.2) is 0 Å². The van der Waals surface area contributed by atoms with Crippen molar-refractivity contribution >= 4 is 17.3 Å². The van der Waals surface area contributed by atoms with Gasteiger partial charge in [-0.15, -0.1) is 0 Å². The number of nitrogens with zero attached hydrogens (tertiary/aromatic N) is 2. The van der Waals surface area contributed by atoms with Crippen molar-refractivity contribution in [3.05, 3.63) is 33.9 Å². The summed E-state index contributed by atoms with van der Waals surface area (Å²) in [7, 11) is 0. The lowest BCUT2D eigenvalue weighted by molar-refractivity contribution is -0.384. The summed E-state index contributed by atoms with van der Waals surface area (Å²) >= 11 is 0. The zero-order chi connectivity index (χ0) is 16.1. The van der Waals surface area contributed by atoms with Crippen LogP contribution in [0, 0.1) is 16.0 Å². The van der Waals surface area contributed by atoms with Crippen LogP contribution in [0.15, 0.2) is 18.2 Å². The Hall–Kier alpha value is -2.19. The van der Waals surface area contributed by atoms with E-state index in [2.05, 4.69) is 0 Å². The second kappa shape index (κ2) is 7.19. The van der Waals surface area contributed by atoms with Crippen LogP contribution in [-0.2, 0) is 16.0 Å². The molecule has 2 N–H and O–H groups in total. The SMILES string of the molecule is O=C(O)C(CO)Cc1ccc(N2CCOCC2)c([N+](=O)[O-])c1. The predicted molar refractivity (Wildman–Crippen MR) is 78.0 cm³/mol. The van der Waals surface area contributed by atoms with Crippen molar-refractivity contribution in [2.75, 3.05) is 37.8 Å². The van der Waals surface area contributed by atoms with E-state index in [4.69, 9.17) is 14.9 Å². The van der Waals surface area contributed by atoms with Crippen molar-refractivity contribution < 1.29 is 24.7 Å². The average molecular weight is 310 g/mol. The Bertz CT molecular complexity index is 556. The molecule has 1 atom stereocenters. The van der Waals surface area contributed by atoms with Crippen molar-refractivity contribution in [2.45, 2.75) is 6.42 Å². The molecule has 2 rings (SSSR count). The second-order valence-electron chi connectivity index (χ2n) is 5.10. The molecule has 1 aliphatic rings. The highest BCUT2D eigenvalue weighted by molar-refractivity contribution is 5.71. The molecule has 0 aromatic heterocycles. The van der Waals surface area contributed by atoms with Gasteiger partial charge >= 0.3 is 5.97 Å². The zero-order valence-corrected chi connectivity index (χ0v) is 12.0. The molecule has 0 saturated carbocycles. The molecule has 1 aliphatic heterocycles. The van der Waals surface area contributed by atoms with Crippen molar-refractivity contribution in [2.24, 2.45) is 5.92 Å². The Kier molecular flexibility index (Phi) is 5.29. The van der Waals surface area contributed by atoms with Gasteiger partial charge in [-0.2, -0.15) is 0 Å². The third-order valence-corrected chi connectivity index (χ3v) is 3.64. The highest BCUT2D eigenvalue weighted by Crippen LogP contribution is 2.30. The summed E-state index contributed by atoms with van der Waals surface area (Å²) in [5.41, 5.74) is 0.972. The molecule has 1 unspecified atom stereocenters. The largest absolute Gasteiger partial charge is 0.481 e. The number of morpholine rings is 1. The van der Waals surface area contributed by atoms with E-state index in [0.29, 0.717) is 37.6 Å². The molecule has 0 radical (unpaired) electrons. The van der Waals surface area contributed by atoms with Crippen LogP contribution >= 0.6 is 0 Å². The first-order chi connectivity index (χ1) is 10.5. The van der Waals surface area contributed by atoms with Crippen LogP contribution < -0.4 is 4.90 Å². The molecule has 0 aliphatic carbocycles. The predicted octanol–water partition coefficient (Wildman–Crippen LogP) is 0.667. The van der Waals surface area contributed by atoms with Gasteiger partial charge in [0.1, 0.15) is 5.69 Å². The topological polar surface area (TPSA) is 113 Å². The highest BCUT2D eigenvalue weighted by Gasteiger charge is 2.23. The molecule has 0 spiro atoms. The number of anilines is 1. The van der Waals surface area contributed by atoms with Crippen molar-refractivity contribution in [1.29, 1.82) is 0 Å². The van der Waals surface area contributed by atoms with Gasteiger partial charge in [0, 0.05) is 19.2 Å². The number of carboxylic acid groups (broad SMARTS) is 1. The van der Waals surface area contributed by atoms with E-state index in [0.717, 1.165) is 0 Å². The maximum Gasteiger partial charge on any atom is 0.309 e. The number of hydrogen-bond acceptors (Lipinski definition) is 6. The van der Waals surface area contributed by atoms with Crippen molar-refractivity contribution in [3.63, 3.8) is 0 Å². The number of benzene rings is 1. The summed E-state index contributed by atoms with van der Waals surface area (Å²) in [5, 5.41) is 29.3. The quantitative estimate of drug-likeness (QED) is 0.586. The Morgan fingerprint density at radius 2 is 2.09 bits per heavy atom. The van der Waals surface area contributed by atoms with E-state index >= 15 is 0 Å². The summed E-state index contributed by atoms with van der Waals surface area (Å²) in [4.78, 5) is 23.7. The minimum Gasteiger partial charge on any atom is -0.481 e. The normalized spacial score (nSPS) is 16.3. The second-order valence-corrected chi connectivity index (χ2v) is 5.10. The zero-order valence-electron chi connectivity index (χ0n) is 12.0. The number of aliphatic hydroxyl groups excluding tert-OH is 1. The molecule has 1 heterocycles. The first-order valence-corrected chi connectivity index (χ1v) is 6.96. The minimum absolute atomic E-state index is 0.0517. The van der Waals surface area contributed by atoms with E-state index in [1.165, 1.54) is 6.07 Å². The highest BCUT2D eigenvalue weighted by atomic mass is 16.6. The molecule has 1 aromatic rings. The molecule has 120 valence electrons. The Balaban J connectivity index is 2.26. The standard InChI is InChI=1S/C14H18N2O6/c17-9-11(14(18)19)7-10-1-2-12(13(8-10)16(20)21)15-3-5-22-6-4-15/h1-2,8,11,17H,3-7,9H2,(H,18,19). The molecule has 1 fully saturated rings. The smallest absolute Gasteiger partial charge is 0.309 e. The van der Waals surface area contributed by atoms with Crippen LogP contribution in [0.4, 0.5) is 11.4 Å². The Morgan fingerprint density at radius 3 is 2.64 bits per heavy atom. The van der Waals surface area contributed by atoms with Crippen LogP contribution in [0.1, 0.15) is 5.56 Å². The van der Waals surface area contributed by atoms with Crippen LogP contribution in [0.25, 0.3) is 0 Å². The summed E-state index contributed by atoms with van der Waals surface area (Å²) in [6, 6.07) is 4.69. The lowest BCUT2D eigenvalue weighted by Gasteiger charge is -2.28. The summed E-state index contributed by atoms with van der Waals surface area (Å²) < 4.78 is 5.23. The first-order valence-electron chi connectivity index (χ1n) is 6.96.